The summed E-state index contributed by atoms with van der Waals surface area (Å²) in [4.78, 5) is 25.9. The third-order valence-corrected chi connectivity index (χ3v) is 4.56. The number of furan rings is 1. The molecule has 0 aliphatic carbocycles. The van der Waals surface area contributed by atoms with Gasteiger partial charge in [-0.25, -0.2) is 0 Å². The van der Waals surface area contributed by atoms with Crippen molar-refractivity contribution in [2.45, 2.75) is 26.8 Å². The highest BCUT2D eigenvalue weighted by Gasteiger charge is 2.35. The largest absolute Gasteiger partial charge is 0.505 e. The molecule has 10 heteroatoms. The minimum atomic E-state index is -0.352. The van der Waals surface area contributed by atoms with Gasteiger partial charge in [-0.05, 0) is 29.2 Å². The number of H-pyrrole nitrogens is 1. The molecule has 2 heterocycles. The highest BCUT2D eigenvalue weighted by atomic mass is 16.7. The maximum Gasteiger partial charge on any atom is 0.367 e. The number of amides is 1. The van der Waals surface area contributed by atoms with Crippen LogP contribution in [0.3, 0.4) is 0 Å². The molecule has 0 saturated heterocycles. The molecule has 0 aliphatic rings. The number of nitrogens with one attached hydrogen (secondary N) is 3. The Morgan fingerprint density at radius 1 is 1.23 bits per heavy atom. The van der Waals surface area contributed by atoms with Crippen LogP contribution < -0.4 is 15.2 Å². The Bertz CT molecular complexity index is 1080. The van der Waals surface area contributed by atoms with E-state index in [1.807, 2.05) is 26.8 Å². The van der Waals surface area contributed by atoms with Gasteiger partial charge < -0.3 is 19.7 Å². The zero-order valence-electron chi connectivity index (χ0n) is 17.5. The van der Waals surface area contributed by atoms with Crippen LogP contribution in [-0.4, -0.2) is 35.2 Å². The molecule has 30 heavy (non-hydrogen) atoms. The van der Waals surface area contributed by atoms with Gasteiger partial charge in [0.25, 0.3) is 11.7 Å². The number of anilines is 3. The van der Waals surface area contributed by atoms with Crippen molar-refractivity contribution in [2.24, 2.45) is 5.41 Å². The Balaban J connectivity index is 1.95. The number of carbonyl (C=O) groups is 1. The molecule has 3 rings (SSSR count). The first-order valence-corrected chi connectivity index (χ1v) is 9.34. The number of phenols is 1. The number of aromatic nitrogens is 2. The molecule has 0 spiro atoms. The smallest absolute Gasteiger partial charge is 0.367 e. The third-order valence-electron chi connectivity index (χ3n) is 4.56. The van der Waals surface area contributed by atoms with E-state index < -0.39 is 0 Å². The topological polar surface area (TPSA) is 130 Å². The first-order valence-electron chi connectivity index (χ1n) is 9.34. The molecule has 0 saturated carbocycles. The zero-order chi connectivity index (χ0) is 22.1. The molecule has 0 bridgehead atoms. The van der Waals surface area contributed by atoms with Gasteiger partial charge >= 0.3 is 5.82 Å². The molecule has 3 aromatic rings. The second-order valence-electron chi connectivity index (χ2n) is 8.16. The summed E-state index contributed by atoms with van der Waals surface area (Å²) in [5.41, 5.74) is 0.0504. The Morgan fingerprint density at radius 3 is 2.57 bits per heavy atom. The predicted octanol–water partition coefficient (Wildman–Crippen LogP) is 3.47. The van der Waals surface area contributed by atoms with Gasteiger partial charge in [0.15, 0.2) is 10.3 Å². The van der Waals surface area contributed by atoms with Crippen LogP contribution >= 0.6 is 0 Å². The van der Waals surface area contributed by atoms with Crippen LogP contribution in [0.1, 0.15) is 42.9 Å². The molecule has 4 N–H and O–H groups in total. The summed E-state index contributed by atoms with van der Waals surface area (Å²) in [5, 5.41) is 19.1. The van der Waals surface area contributed by atoms with Crippen LogP contribution in [0.4, 0.5) is 17.3 Å². The summed E-state index contributed by atoms with van der Waals surface area (Å²) in [6.45, 7) is 6.00. The average molecular weight is 416 g/mol. The lowest BCUT2D eigenvalue weighted by Gasteiger charge is -2.26. The fourth-order valence-electron chi connectivity index (χ4n) is 2.98. The van der Waals surface area contributed by atoms with E-state index in [2.05, 4.69) is 15.8 Å². The number of aromatic hydroxyl groups is 1. The maximum absolute atomic E-state index is 12.3. The van der Waals surface area contributed by atoms with Gasteiger partial charge in [0.1, 0.15) is 11.8 Å². The number of para-hydroxylation sites is 1. The molecular weight excluding hydrogens is 390 g/mol. The van der Waals surface area contributed by atoms with Crippen molar-refractivity contribution in [2.75, 3.05) is 24.7 Å². The molecule has 0 unspecified atom stereocenters. The average Bonchev–Trinajstić information content (AvgIpc) is 3.30. The van der Waals surface area contributed by atoms with Crippen LogP contribution in [0, 0.1) is 10.3 Å². The quantitative estimate of drug-likeness (QED) is 0.453. The van der Waals surface area contributed by atoms with Gasteiger partial charge in [-0.1, -0.05) is 32.0 Å². The van der Waals surface area contributed by atoms with Crippen molar-refractivity contribution >= 4 is 23.2 Å². The number of phenolic OH excluding ortho intramolecular Hbond substituents is 1. The number of benzene rings is 1. The fraction of sp³-hybridized carbons (Fsp3) is 0.350. The minimum absolute atomic E-state index is 0.0649. The molecule has 2 aromatic heterocycles. The van der Waals surface area contributed by atoms with Crippen molar-refractivity contribution < 1.29 is 23.5 Å². The number of hydrogen-bond donors (Lipinski definition) is 4. The lowest BCUT2D eigenvalue weighted by Crippen LogP contribution is -2.29. The van der Waals surface area contributed by atoms with E-state index in [-0.39, 0.29) is 50.6 Å². The molecule has 1 aromatic carbocycles. The molecule has 1 amide bonds. The van der Waals surface area contributed by atoms with Gasteiger partial charge in [-0.15, -0.1) is 4.63 Å². The Labute approximate surface area is 173 Å². The summed E-state index contributed by atoms with van der Waals surface area (Å²) in [7, 11) is 3.19. The first-order chi connectivity index (χ1) is 14.1. The monoisotopic (exact) mass is 416 g/mol. The molecule has 1 atom stereocenters. The number of hydrogen-bond acceptors (Lipinski definition) is 7. The van der Waals surface area contributed by atoms with E-state index in [4.69, 9.17) is 9.05 Å². The SMILES string of the molecule is CN(C)C(=O)c1cccc(Nc2[nH]o[n+](=O)c2N[C@@H](c2ccco2)C(C)(C)C)c1O. The summed E-state index contributed by atoms with van der Waals surface area (Å²) < 4.78 is 10.7. The standard InChI is InChI=1S/C20H25N5O5/c1-20(2,3)16(14-10-7-11-29-14)22-18-17(23-30-25(18)28)21-13-9-6-8-12(15(13)26)19(27)24(4)5/h6-11,16H,1-5H3,(H3-,21,22,23,26,27,28)/p+1/t16-/m0/s1. The second kappa shape index (κ2) is 7.97. The molecule has 0 aliphatic heterocycles. The highest BCUT2D eigenvalue weighted by Crippen LogP contribution is 2.37. The predicted molar refractivity (Wildman–Crippen MR) is 110 cm³/mol. The van der Waals surface area contributed by atoms with Crippen molar-refractivity contribution in [1.82, 2.24) is 10.1 Å². The third kappa shape index (κ3) is 4.17. The summed E-state index contributed by atoms with van der Waals surface area (Å²) in [6, 6.07) is 7.95. The van der Waals surface area contributed by atoms with Crippen LogP contribution in [0.25, 0.3) is 0 Å². The van der Waals surface area contributed by atoms with Crippen molar-refractivity contribution in [3.8, 4) is 5.75 Å². The van der Waals surface area contributed by atoms with Gasteiger partial charge in [0.2, 0.25) is 0 Å². The van der Waals surface area contributed by atoms with Crippen molar-refractivity contribution in [3.05, 3.63) is 52.8 Å². The maximum atomic E-state index is 12.3. The molecular formula is C20H26N5O5+. The van der Waals surface area contributed by atoms with Gasteiger partial charge in [0.05, 0.1) is 17.5 Å². The number of nitrogens with zero attached hydrogens (tertiary/aromatic N) is 2. The van der Waals surface area contributed by atoms with E-state index in [0.29, 0.717) is 5.76 Å². The zero-order valence-corrected chi connectivity index (χ0v) is 17.5. The van der Waals surface area contributed by atoms with E-state index in [1.165, 1.54) is 11.0 Å². The summed E-state index contributed by atoms with van der Waals surface area (Å²) in [6.07, 6.45) is 1.56. The first kappa shape index (κ1) is 21.0. The number of rotatable bonds is 6. The Kier molecular flexibility index (Phi) is 5.59. The van der Waals surface area contributed by atoms with Crippen LogP contribution in [0.5, 0.6) is 5.75 Å². The summed E-state index contributed by atoms with van der Waals surface area (Å²) >= 11 is 0. The highest BCUT2D eigenvalue weighted by molar-refractivity contribution is 5.98. The van der Waals surface area contributed by atoms with E-state index in [1.54, 1.807) is 38.6 Å². The van der Waals surface area contributed by atoms with Crippen LogP contribution in [0.15, 0.2) is 45.6 Å². The number of carbonyl (C=O) groups excluding carboxylic acids is 1. The fourth-order valence-corrected chi connectivity index (χ4v) is 2.98. The van der Waals surface area contributed by atoms with Gasteiger partial charge in [0, 0.05) is 19.5 Å². The van der Waals surface area contributed by atoms with Crippen LogP contribution in [-0.2, 0) is 0 Å². The lowest BCUT2D eigenvalue weighted by atomic mass is 9.85. The number of aromatic amines is 1. The minimum Gasteiger partial charge on any atom is -0.505 e. The Hall–Kier alpha value is -3.69. The second-order valence-corrected chi connectivity index (χ2v) is 8.16. The van der Waals surface area contributed by atoms with Gasteiger partial charge in [-0.3, -0.25) is 10.1 Å². The van der Waals surface area contributed by atoms with Gasteiger partial charge in [-0.2, -0.15) is 0 Å². The van der Waals surface area contributed by atoms with Crippen LogP contribution in [0.2, 0.25) is 0 Å². The van der Waals surface area contributed by atoms with E-state index in [0.717, 1.165) is 0 Å². The lowest BCUT2D eigenvalue weighted by molar-refractivity contribution is -0.701. The van der Waals surface area contributed by atoms with Crippen molar-refractivity contribution in [1.29, 1.82) is 0 Å². The Morgan fingerprint density at radius 2 is 1.97 bits per heavy atom. The van der Waals surface area contributed by atoms with E-state index >= 15 is 0 Å². The van der Waals surface area contributed by atoms with E-state index in [9.17, 15) is 14.8 Å². The summed E-state index contributed by atoms with van der Waals surface area (Å²) in [5.74, 6) is 0.296. The normalized spacial score (nSPS) is 12.4. The molecule has 0 radical (unpaired) electrons. The van der Waals surface area contributed by atoms with Crippen molar-refractivity contribution in [3.63, 3.8) is 0 Å². The molecule has 0 fully saturated rings. The molecule has 10 nitrogen and oxygen atoms in total. The molecule has 160 valence electrons.